The van der Waals surface area contributed by atoms with Crippen molar-refractivity contribution in [2.24, 2.45) is 23.2 Å². The van der Waals surface area contributed by atoms with Crippen molar-refractivity contribution in [1.82, 2.24) is 14.5 Å². The fraction of sp³-hybridized carbons (Fsp3) is 0.538. The fourth-order valence-electron chi connectivity index (χ4n) is 6.10. The summed E-state index contributed by atoms with van der Waals surface area (Å²) in [6.07, 6.45) is 4.37. The molecule has 7 heteroatoms. The number of carbonyl (C=O) groups is 2. The number of nitrogens with zero attached hydrogens (tertiary/aromatic N) is 4. The third-order valence-electron chi connectivity index (χ3n) is 7.77. The molecule has 0 radical (unpaired) electrons. The average Bonchev–Trinajstić information content (AvgIpc) is 3.47. The number of fused-ring (bicyclic) bond motifs is 2. The number of rotatable bonds is 3. The van der Waals surface area contributed by atoms with Gasteiger partial charge in [0.2, 0.25) is 11.8 Å². The third kappa shape index (κ3) is 3.82. The van der Waals surface area contributed by atoms with E-state index in [0.717, 1.165) is 55.6 Å². The van der Waals surface area contributed by atoms with Gasteiger partial charge in [-0.15, -0.1) is 0 Å². The van der Waals surface area contributed by atoms with Gasteiger partial charge in [-0.25, -0.2) is 4.98 Å². The topological polar surface area (TPSA) is 91.0 Å². The molecule has 5 rings (SSSR count). The van der Waals surface area contributed by atoms with Gasteiger partial charge in [0, 0.05) is 49.9 Å². The first-order valence-electron chi connectivity index (χ1n) is 11.8. The first-order chi connectivity index (χ1) is 15.6. The number of amides is 2. The number of hydrogen-bond donors (Lipinski definition) is 1. The van der Waals surface area contributed by atoms with Crippen LogP contribution >= 0.6 is 0 Å². The van der Waals surface area contributed by atoms with Gasteiger partial charge in [-0.1, -0.05) is 13.8 Å². The van der Waals surface area contributed by atoms with Crippen molar-refractivity contribution in [3.05, 3.63) is 35.3 Å². The maximum Gasteiger partial charge on any atom is 0.228 e. The van der Waals surface area contributed by atoms with Crippen LogP contribution in [0, 0.1) is 41.4 Å². The molecule has 7 nitrogen and oxygen atoms in total. The maximum absolute atomic E-state index is 13.0. The monoisotopic (exact) mass is 445 g/mol. The van der Waals surface area contributed by atoms with Crippen LogP contribution in [0.5, 0.6) is 0 Å². The van der Waals surface area contributed by atoms with Crippen LogP contribution < -0.4 is 5.32 Å². The number of aromatic nitrogens is 2. The number of nitriles is 1. The molecule has 3 aliphatic rings. The Kier molecular flexibility index (Phi) is 5.08. The minimum atomic E-state index is -0.0367. The zero-order valence-electron chi connectivity index (χ0n) is 19.8. The number of aryl methyl sites for hydroxylation is 1. The summed E-state index contributed by atoms with van der Waals surface area (Å²) in [6.45, 7) is 10.5. The summed E-state index contributed by atoms with van der Waals surface area (Å²) in [5, 5.41) is 12.7. The summed E-state index contributed by atoms with van der Waals surface area (Å²) in [7, 11) is 0. The van der Waals surface area contributed by atoms with E-state index in [4.69, 9.17) is 0 Å². The second-order valence-electron chi connectivity index (χ2n) is 10.9. The van der Waals surface area contributed by atoms with E-state index in [-0.39, 0.29) is 23.1 Å². The lowest BCUT2D eigenvalue weighted by atomic mass is 9.89. The highest BCUT2D eigenvalue weighted by atomic mass is 16.2. The third-order valence-corrected chi connectivity index (χ3v) is 7.77. The summed E-state index contributed by atoms with van der Waals surface area (Å²) in [6, 6.07) is 6.26. The van der Waals surface area contributed by atoms with Gasteiger partial charge in [-0.3, -0.25) is 9.59 Å². The van der Waals surface area contributed by atoms with Crippen LogP contribution in [0.3, 0.4) is 0 Å². The Morgan fingerprint density at radius 2 is 1.88 bits per heavy atom. The quantitative estimate of drug-likeness (QED) is 0.779. The summed E-state index contributed by atoms with van der Waals surface area (Å²) < 4.78 is 2.13. The Morgan fingerprint density at radius 3 is 2.52 bits per heavy atom. The van der Waals surface area contributed by atoms with Crippen molar-refractivity contribution >= 4 is 17.6 Å². The Balaban J connectivity index is 1.35. The number of anilines is 1. The van der Waals surface area contributed by atoms with E-state index < -0.39 is 0 Å². The predicted octanol–water partition coefficient (Wildman–Crippen LogP) is 3.76. The molecule has 1 saturated heterocycles. The summed E-state index contributed by atoms with van der Waals surface area (Å²) in [5.74, 6) is 1.50. The van der Waals surface area contributed by atoms with Gasteiger partial charge in [-0.05, 0) is 66.7 Å². The molecule has 2 aromatic heterocycles. The van der Waals surface area contributed by atoms with Crippen molar-refractivity contribution in [3.63, 3.8) is 0 Å². The number of nitrogens with one attached hydrogen (secondary N) is 1. The van der Waals surface area contributed by atoms with Crippen LogP contribution in [-0.4, -0.2) is 39.4 Å². The number of carbonyl (C=O) groups excluding carboxylic acids is 2. The normalized spacial score (nSPS) is 24.9. The smallest absolute Gasteiger partial charge is 0.228 e. The standard InChI is InChI=1S/C26H31N5O2/c1-15-11-28-24(29-25(33)17-5-18-12-30(16(2)32)13-19(18)6-17)8-21(15)22-7-20(10-27)31-14-26(3,4)9-23(22)31/h7-8,11,17-19H,5-6,9,12-14H2,1-4H3,(H,28,29,33)/t17-,18-,19+. The minimum absolute atomic E-state index is 0.0158. The molecule has 2 aromatic rings. The average molecular weight is 446 g/mol. The molecule has 0 spiro atoms. The van der Waals surface area contributed by atoms with E-state index in [9.17, 15) is 14.9 Å². The number of pyridine rings is 1. The first kappa shape index (κ1) is 21.7. The number of hydrogen-bond acceptors (Lipinski definition) is 4. The molecular weight excluding hydrogens is 414 g/mol. The second kappa shape index (κ2) is 7.72. The summed E-state index contributed by atoms with van der Waals surface area (Å²) in [4.78, 5) is 31.1. The largest absolute Gasteiger partial charge is 0.342 e. The van der Waals surface area contributed by atoms with Crippen molar-refractivity contribution in [2.45, 2.75) is 53.5 Å². The van der Waals surface area contributed by atoms with E-state index in [1.165, 1.54) is 5.69 Å². The van der Waals surface area contributed by atoms with Crippen LogP contribution in [0.25, 0.3) is 11.1 Å². The highest BCUT2D eigenvalue weighted by Crippen LogP contribution is 2.43. The van der Waals surface area contributed by atoms with E-state index in [1.807, 2.05) is 24.0 Å². The molecule has 1 N–H and O–H groups in total. The molecule has 0 bridgehead atoms. The molecule has 3 atom stereocenters. The van der Waals surface area contributed by atoms with Gasteiger partial charge in [0.05, 0.1) is 0 Å². The Hall–Kier alpha value is -3.14. The van der Waals surface area contributed by atoms with Gasteiger partial charge in [0.1, 0.15) is 17.6 Å². The molecule has 1 saturated carbocycles. The van der Waals surface area contributed by atoms with Crippen LogP contribution in [0.1, 0.15) is 50.6 Å². The van der Waals surface area contributed by atoms with Gasteiger partial charge in [-0.2, -0.15) is 5.26 Å². The maximum atomic E-state index is 13.0. The molecule has 4 heterocycles. The van der Waals surface area contributed by atoms with Crippen molar-refractivity contribution in [3.8, 4) is 17.2 Å². The molecular formula is C26H31N5O2. The molecule has 2 fully saturated rings. The van der Waals surface area contributed by atoms with E-state index >= 15 is 0 Å². The van der Waals surface area contributed by atoms with E-state index in [1.54, 1.807) is 13.1 Å². The van der Waals surface area contributed by atoms with E-state index in [0.29, 0.717) is 23.3 Å². The highest BCUT2D eigenvalue weighted by Gasteiger charge is 2.44. The predicted molar refractivity (Wildman–Crippen MR) is 125 cm³/mol. The highest BCUT2D eigenvalue weighted by molar-refractivity contribution is 5.92. The van der Waals surface area contributed by atoms with Crippen LogP contribution in [0.4, 0.5) is 5.82 Å². The molecule has 1 aliphatic carbocycles. The van der Waals surface area contributed by atoms with E-state index in [2.05, 4.69) is 34.8 Å². The Labute approximate surface area is 194 Å². The van der Waals surface area contributed by atoms with Crippen molar-refractivity contribution < 1.29 is 9.59 Å². The zero-order valence-corrected chi connectivity index (χ0v) is 19.8. The van der Waals surface area contributed by atoms with Gasteiger partial charge >= 0.3 is 0 Å². The summed E-state index contributed by atoms with van der Waals surface area (Å²) >= 11 is 0. The van der Waals surface area contributed by atoms with Gasteiger partial charge in [0.15, 0.2) is 0 Å². The molecule has 0 unspecified atom stereocenters. The molecule has 2 aliphatic heterocycles. The van der Waals surface area contributed by atoms with Gasteiger partial charge < -0.3 is 14.8 Å². The zero-order chi connectivity index (χ0) is 23.5. The molecule has 172 valence electrons. The van der Waals surface area contributed by atoms with Crippen LogP contribution in [0.15, 0.2) is 18.3 Å². The SMILES string of the molecule is CC(=O)N1C[C@H]2C[C@@H](C(=O)Nc3cc(-c4cc(C#N)n5c4CC(C)(C)C5)c(C)cn3)C[C@H]2C1. The number of likely N-dealkylation sites (tertiary alicyclic amines) is 1. The fourth-order valence-corrected chi connectivity index (χ4v) is 6.10. The summed E-state index contributed by atoms with van der Waals surface area (Å²) in [5.41, 5.74) is 5.09. The van der Waals surface area contributed by atoms with Crippen molar-refractivity contribution in [2.75, 3.05) is 18.4 Å². The Bertz CT molecular complexity index is 1170. The Morgan fingerprint density at radius 1 is 1.18 bits per heavy atom. The molecule has 0 aromatic carbocycles. The van der Waals surface area contributed by atoms with Crippen molar-refractivity contribution in [1.29, 1.82) is 5.26 Å². The minimum Gasteiger partial charge on any atom is -0.342 e. The van der Waals surface area contributed by atoms with Gasteiger partial charge in [0.25, 0.3) is 0 Å². The van der Waals surface area contributed by atoms with Crippen LogP contribution in [-0.2, 0) is 22.6 Å². The first-order valence-corrected chi connectivity index (χ1v) is 11.8. The molecule has 2 amide bonds. The lowest BCUT2D eigenvalue weighted by Gasteiger charge is -2.17. The lowest BCUT2D eigenvalue weighted by Crippen LogP contribution is -2.29. The molecule has 33 heavy (non-hydrogen) atoms. The van der Waals surface area contributed by atoms with Crippen LogP contribution in [0.2, 0.25) is 0 Å². The lowest BCUT2D eigenvalue weighted by molar-refractivity contribution is -0.128. The second-order valence-corrected chi connectivity index (χ2v) is 10.9.